The second-order valence-corrected chi connectivity index (χ2v) is 4.93. The number of hydrogen-bond acceptors (Lipinski definition) is 4. The molecule has 0 saturated heterocycles. The standard InChI is InChI=1S/C15H22N2O4/c1-11(15(19)20)8-17(10-14(18)16-2)9-12-4-6-13(21-3)7-5-12/h4-7,11H,8-10H2,1-3H3,(H,16,18)(H,19,20). The minimum Gasteiger partial charge on any atom is -0.497 e. The normalized spacial score (nSPS) is 12.0. The van der Waals surface area contributed by atoms with Crippen molar-refractivity contribution in [2.45, 2.75) is 13.5 Å². The smallest absolute Gasteiger partial charge is 0.307 e. The Morgan fingerprint density at radius 2 is 1.95 bits per heavy atom. The van der Waals surface area contributed by atoms with Gasteiger partial charge in [-0.15, -0.1) is 0 Å². The van der Waals surface area contributed by atoms with Gasteiger partial charge in [0, 0.05) is 20.1 Å². The van der Waals surface area contributed by atoms with Crippen LogP contribution in [0, 0.1) is 5.92 Å². The lowest BCUT2D eigenvalue weighted by atomic mass is 10.1. The van der Waals surface area contributed by atoms with E-state index in [1.807, 2.05) is 29.2 Å². The van der Waals surface area contributed by atoms with Gasteiger partial charge in [0.15, 0.2) is 0 Å². The highest BCUT2D eigenvalue weighted by atomic mass is 16.5. The molecule has 6 nitrogen and oxygen atoms in total. The summed E-state index contributed by atoms with van der Waals surface area (Å²) >= 11 is 0. The Kier molecular flexibility index (Phi) is 6.68. The van der Waals surface area contributed by atoms with E-state index in [0.717, 1.165) is 11.3 Å². The van der Waals surface area contributed by atoms with Crippen LogP contribution in [0.15, 0.2) is 24.3 Å². The van der Waals surface area contributed by atoms with Crippen molar-refractivity contribution in [3.63, 3.8) is 0 Å². The van der Waals surface area contributed by atoms with Gasteiger partial charge in [0.25, 0.3) is 0 Å². The third-order valence-electron chi connectivity index (χ3n) is 3.16. The van der Waals surface area contributed by atoms with Crippen molar-refractivity contribution in [1.82, 2.24) is 10.2 Å². The Hall–Kier alpha value is -2.08. The molecule has 0 spiro atoms. The van der Waals surface area contributed by atoms with Crippen LogP contribution < -0.4 is 10.1 Å². The number of carbonyl (C=O) groups excluding carboxylic acids is 1. The molecule has 0 saturated carbocycles. The molecule has 0 aromatic heterocycles. The summed E-state index contributed by atoms with van der Waals surface area (Å²) in [6.07, 6.45) is 0. The van der Waals surface area contributed by atoms with Crippen LogP contribution in [-0.4, -0.2) is 49.1 Å². The molecule has 1 aromatic rings. The molecule has 0 fully saturated rings. The monoisotopic (exact) mass is 294 g/mol. The molecule has 21 heavy (non-hydrogen) atoms. The third kappa shape index (κ3) is 5.83. The maximum Gasteiger partial charge on any atom is 0.307 e. The van der Waals surface area contributed by atoms with E-state index < -0.39 is 11.9 Å². The van der Waals surface area contributed by atoms with E-state index in [2.05, 4.69) is 5.32 Å². The first-order valence-electron chi connectivity index (χ1n) is 6.75. The van der Waals surface area contributed by atoms with Crippen LogP contribution in [0.4, 0.5) is 0 Å². The molecule has 1 aromatic carbocycles. The lowest BCUT2D eigenvalue weighted by Crippen LogP contribution is -2.39. The zero-order valence-electron chi connectivity index (χ0n) is 12.6. The predicted molar refractivity (Wildman–Crippen MR) is 79.1 cm³/mol. The lowest BCUT2D eigenvalue weighted by Gasteiger charge is -2.23. The van der Waals surface area contributed by atoms with E-state index in [-0.39, 0.29) is 12.5 Å². The molecule has 116 valence electrons. The highest BCUT2D eigenvalue weighted by Gasteiger charge is 2.18. The highest BCUT2D eigenvalue weighted by Crippen LogP contribution is 2.14. The number of nitrogens with one attached hydrogen (secondary N) is 1. The summed E-state index contributed by atoms with van der Waals surface area (Å²) < 4.78 is 5.10. The number of carboxylic acid groups (broad SMARTS) is 1. The molecule has 2 N–H and O–H groups in total. The minimum absolute atomic E-state index is 0.138. The van der Waals surface area contributed by atoms with Gasteiger partial charge in [-0.25, -0.2) is 0 Å². The fourth-order valence-corrected chi connectivity index (χ4v) is 1.92. The van der Waals surface area contributed by atoms with Gasteiger partial charge in [-0.05, 0) is 17.7 Å². The number of aliphatic carboxylic acids is 1. The summed E-state index contributed by atoms with van der Waals surface area (Å²) in [5.74, 6) is -0.781. The number of amides is 1. The second kappa shape index (κ2) is 8.26. The van der Waals surface area contributed by atoms with Crippen LogP contribution in [-0.2, 0) is 16.1 Å². The van der Waals surface area contributed by atoms with E-state index in [1.54, 1.807) is 21.1 Å². The Morgan fingerprint density at radius 1 is 1.33 bits per heavy atom. The summed E-state index contributed by atoms with van der Waals surface area (Å²) in [5.41, 5.74) is 0.997. The third-order valence-corrected chi connectivity index (χ3v) is 3.16. The first-order chi connectivity index (χ1) is 9.96. The highest BCUT2D eigenvalue weighted by molar-refractivity contribution is 5.77. The summed E-state index contributed by atoms with van der Waals surface area (Å²) in [6, 6.07) is 7.49. The van der Waals surface area contributed by atoms with Crippen molar-refractivity contribution < 1.29 is 19.4 Å². The van der Waals surface area contributed by atoms with E-state index >= 15 is 0 Å². The van der Waals surface area contributed by atoms with Gasteiger partial charge in [0.1, 0.15) is 5.75 Å². The largest absolute Gasteiger partial charge is 0.497 e. The van der Waals surface area contributed by atoms with Crippen LogP contribution in [0.3, 0.4) is 0 Å². The van der Waals surface area contributed by atoms with Crippen molar-refractivity contribution >= 4 is 11.9 Å². The summed E-state index contributed by atoms with van der Waals surface area (Å²) in [4.78, 5) is 24.3. The Balaban J connectivity index is 2.74. The van der Waals surface area contributed by atoms with E-state index in [9.17, 15) is 9.59 Å². The number of rotatable bonds is 8. The molecular formula is C15H22N2O4. The van der Waals surface area contributed by atoms with Crippen LogP contribution in [0.25, 0.3) is 0 Å². The van der Waals surface area contributed by atoms with Crippen molar-refractivity contribution in [2.24, 2.45) is 5.92 Å². The quantitative estimate of drug-likeness (QED) is 0.747. The van der Waals surface area contributed by atoms with E-state index in [0.29, 0.717) is 13.1 Å². The van der Waals surface area contributed by atoms with Gasteiger partial charge in [-0.3, -0.25) is 14.5 Å². The molecule has 0 bridgehead atoms. The van der Waals surface area contributed by atoms with Crippen LogP contribution in [0.5, 0.6) is 5.75 Å². The van der Waals surface area contributed by atoms with E-state index in [1.165, 1.54) is 0 Å². The zero-order chi connectivity index (χ0) is 15.8. The predicted octanol–water partition coefficient (Wildman–Crippen LogP) is 0.964. The topological polar surface area (TPSA) is 78.9 Å². The number of benzene rings is 1. The molecule has 0 aliphatic rings. The molecule has 1 unspecified atom stereocenters. The first kappa shape index (κ1) is 17.0. The first-order valence-corrected chi connectivity index (χ1v) is 6.75. The Labute approximate surface area is 124 Å². The summed E-state index contributed by atoms with van der Waals surface area (Å²) in [5, 5.41) is 11.6. The Morgan fingerprint density at radius 3 is 2.43 bits per heavy atom. The van der Waals surface area contributed by atoms with Crippen molar-refractivity contribution in [3.05, 3.63) is 29.8 Å². The van der Waals surface area contributed by atoms with Gasteiger partial charge in [0.2, 0.25) is 5.91 Å². The number of carboxylic acids is 1. The zero-order valence-corrected chi connectivity index (χ0v) is 12.6. The fraction of sp³-hybridized carbons (Fsp3) is 0.467. The summed E-state index contributed by atoms with van der Waals surface area (Å²) in [6.45, 7) is 2.62. The maximum atomic E-state index is 11.5. The number of carbonyl (C=O) groups is 2. The van der Waals surface area contributed by atoms with Gasteiger partial charge in [-0.1, -0.05) is 19.1 Å². The molecule has 0 heterocycles. The number of likely N-dealkylation sites (N-methyl/N-ethyl adjacent to an activating group) is 1. The number of hydrogen-bond donors (Lipinski definition) is 2. The van der Waals surface area contributed by atoms with E-state index in [4.69, 9.17) is 9.84 Å². The molecule has 1 atom stereocenters. The molecule has 1 amide bonds. The fourth-order valence-electron chi connectivity index (χ4n) is 1.92. The Bertz CT molecular complexity index is 473. The van der Waals surface area contributed by atoms with Gasteiger partial charge < -0.3 is 15.2 Å². The molecule has 0 aliphatic carbocycles. The number of nitrogens with zero attached hydrogens (tertiary/aromatic N) is 1. The second-order valence-electron chi connectivity index (χ2n) is 4.93. The minimum atomic E-state index is -0.869. The maximum absolute atomic E-state index is 11.5. The van der Waals surface area contributed by atoms with Gasteiger partial charge in [0.05, 0.1) is 19.6 Å². The average Bonchev–Trinajstić information content (AvgIpc) is 2.47. The molecule has 0 aliphatic heterocycles. The molecular weight excluding hydrogens is 272 g/mol. The molecule has 1 rings (SSSR count). The van der Waals surface area contributed by atoms with Gasteiger partial charge >= 0.3 is 5.97 Å². The van der Waals surface area contributed by atoms with Crippen LogP contribution >= 0.6 is 0 Å². The molecule has 0 radical (unpaired) electrons. The summed E-state index contributed by atoms with van der Waals surface area (Å²) in [7, 11) is 3.16. The average molecular weight is 294 g/mol. The number of methoxy groups -OCH3 is 1. The SMILES string of the molecule is CNC(=O)CN(Cc1ccc(OC)cc1)CC(C)C(=O)O. The van der Waals surface area contributed by atoms with Crippen LogP contribution in [0.1, 0.15) is 12.5 Å². The van der Waals surface area contributed by atoms with Crippen molar-refractivity contribution in [1.29, 1.82) is 0 Å². The molecule has 6 heteroatoms. The lowest BCUT2D eigenvalue weighted by molar-refractivity contribution is -0.142. The van der Waals surface area contributed by atoms with Crippen LogP contribution in [0.2, 0.25) is 0 Å². The van der Waals surface area contributed by atoms with Crippen molar-refractivity contribution in [2.75, 3.05) is 27.2 Å². The van der Waals surface area contributed by atoms with Gasteiger partial charge in [-0.2, -0.15) is 0 Å². The van der Waals surface area contributed by atoms with Crippen molar-refractivity contribution in [3.8, 4) is 5.75 Å². The number of ether oxygens (including phenoxy) is 1.